The van der Waals surface area contributed by atoms with Gasteiger partial charge in [0.1, 0.15) is 0 Å². The molecule has 7 heteroatoms. The monoisotopic (exact) mass is 392 g/mol. The van der Waals surface area contributed by atoms with E-state index < -0.39 is 15.9 Å². The van der Waals surface area contributed by atoms with Gasteiger partial charge in [-0.25, -0.2) is 8.42 Å². The Bertz CT molecular complexity index is 883. The molecule has 1 N–H and O–H groups in total. The number of benzene rings is 2. The Kier molecular flexibility index (Phi) is 6.97. The molecule has 0 aliphatic heterocycles. The number of hydrogen-bond acceptors (Lipinski definition) is 3. The lowest BCUT2D eigenvalue weighted by Gasteiger charge is -2.18. The molecule has 0 saturated carbocycles. The van der Waals surface area contributed by atoms with Crippen molar-refractivity contribution in [2.45, 2.75) is 13.0 Å². The van der Waals surface area contributed by atoms with Crippen molar-refractivity contribution >= 4 is 33.6 Å². The fourth-order valence-electron chi connectivity index (χ4n) is 2.27. The van der Waals surface area contributed by atoms with Gasteiger partial charge in [0.25, 0.3) is 0 Å². The van der Waals surface area contributed by atoms with E-state index in [1.807, 2.05) is 31.2 Å². The van der Waals surface area contributed by atoms with E-state index in [1.54, 1.807) is 30.3 Å². The normalized spacial score (nSPS) is 13.1. The number of carbonyl (C=O) groups excluding carboxylic acids is 1. The Morgan fingerprint density at radius 3 is 2.54 bits per heavy atom. The maximum absolute atomic E-state index is 12.3. The van der Waals surface area contributed by atoms with Crippen LogP contribution in [0.1, 0.15) is 24.1 Å². The molecule has 0 aliphatic rings. The third-order valence-corrected chi connectivity index (χ3v) is 5.47. The standard InChI is InChI=1S/C19H21ClN2O3S/c1-15(17-9-6-10-18(20)13-17)21-19(23)14-22(2)26(24,25)12-11-16-7-4-3-5-8-16/h3-13,15H,14H2,1-2H3,(H,21,23)/b12-11+/t15-/m1/s1. The predicted molar refractivity (Wildman–Crippen MR) is 105 cm³/mol. The summed E-state index contributed by atoms with van der Waals surface area (Å²) in [6.07, 6.45) is 1.50. The lowest BCUT2D eigenvalue weighted by molar-refractivity contribution is -0.121. The molecule has 2 rings (SSSR count). The first-order chi connectivity index (χ1) is 12.3. The van der Waals surface area contributed by atoms with E-state index in [0.29, 0.717) is 5.02 Å². The van der Waals surface area contributed by atoms with E-state index in [1.165, 1.54) is 13.1 Å². The highest BCUT2D eigenvalue weighted by atomic mass is 35.5. The third kappa shape index (κ3) is 5.98. The van der Waals surface area contributed by atoms with E-state index >= 15 is 0 Å². The molecule has 0 bridgehead atoms. The van der Waals surface area contributed by atoms with Gasteiger partial charge in [-0.1, -0.05) is 54.1 Å². The Morgan fingerprint density at radius 1 is 1.19 bits per heavy atom. The maximum atomic E-state index is 12.3. The van der Waals surface area contributed by atoms with Crippen molar-refractivity contribution in [3.8, 4) is 0 Å². The van der Waals surface area contributed by atoms with Crippen molar-refractivity contribution in [2.24, 2.45) is 0 Å². The molecule has 0 heterocycles. The first kappa shape index (κ1) is 20.2. The molecule has 5 nitrogen and oxygen atoms in total. The van der Waals surface area contributed by atoms with Crippen LogP contribution in [0.4, 0.5) is 0 Å². The lowest BCUT2D eigenvalue weighted by Crippen LogP contribution is -2.38. The number of nitrogens with one attached hydrogen (secondary N) is 1. The lowest BCUT2D eigenvalue weighted by atomic mass is 10.1. The van der Waals surface area contributed by atoms with Gasteiger partial charge in [-0.3, -0.25) is 4.79 Å². The Balaban J connectivity index is 1.96. The molecule has 2 aromatic rings. The molecule has 138 valence electrons. The average molecular weight is 393 g/mol. The summed E-state index contributed by atoms with van der Waals surface area (Å²) in [7, 11) is -2.32. The van der Waals surface area contributed by atoms with Gasteiger partial charge in [0, 0.05) is 17.5 Å². The quantitative estimate of drug-likeness (QED) is 0.784. The van der Waals surface area contributed by atoms with Crippen LogP contribution in [-0.2, 0) is 14.8 Å². The van der Waals surface area contributed by atoms with E-state index in [0.717, 1.165) is 20.8 Å². The van der Waals surface area contributed by atoms with Crippen molar-refractivity contribution in [1.82, 2.24) is 9.62 Å². The Hall–Kier alpha value is -2.15. The van der Waals surface area contributed by atoms with Gasteiger partial charge < -0.3 is 5.32 Å². The average Bonchev–Trinajstić information content (AvgIpc) is 2.60. The molecule has 0 fully saturated rings. The summed E-state index contributed by atoms with van der Waals surface area (Å²) in [5.41, 5.74) is 1.61. The minimum Gasteiger partial charge on any atom is -0.348 e. The predicted octanol–water partition coefficient (Wildman–Crippen LogP) is 3.45. The van der Waals surface area contributed by atoms with E-state index in [-0.39, 0.29) is 12.6 Å². The molecule has 1 amide bonds. The maximum Gasteiger partial charge on any atom is 0.236 e. The van der Waals surface area contributed by atoms with Gasteiger partial charge >= 0.3 is 0 Å². The Morgan fingerprint density at radius 2 is 1.88 bits per heavy atom. The second-order valence-electron chi connectivity index (χ2n) is 5.86. The number of rotatable bonds is 7. The highest BCUT2D eigenvalue weighted by molar-refractivity contribution is 7.92. The van der Waals surface area contributed by atoms with Crippen LogP contribution in [-0.4, -0.2) is 32.2 Å². The van der Waals surface area contributed by atoms with Crippen LogP contribution in [0, 0.1) is 0 Å². The number of nitrogens with zero attached hydrogens (tertiary/aromatic N) is 1. The van der Waals surface area contributed by atoms with Crippen molar-refractivity contribution in [3.05, 3.63) is 76.2 Å². The van der Waals surface area contributed by atoms with E-state index in [2.05, 4.69) is 5.32 Å². The summed E-state index contributed by atoms with van der Waals surface area (Å²) in [6.45, 7) is 1.54. The van der Waals surface area contributed by atoms with Gasteiger partial charge in [-0.15, -0.1) is 0 Å². The first-order valence-corrected chi connectivity index (χ1v) is 9.90. The molecule has 0 aliphatic carbocycles. The summed E-state index contributed by atoms with van der Waals surface area (Å²) in [5, 5.41) is 4.44. The summed E-state index contributed by atoms with van der Waals surface area (Å²) < 4.78 is 25.6. The van der Waals surface area contributed by atoms with Crippen LogP contribution in [0.2, 0.25) is 5.02 Å². The third-order valence-electron chi connectivity index (χ3n) is 3.76. The van der Waals surface area contributed by atoms with E-state index in [9.17, 15) is 13.2 Å². The van der Waals surface area contributed by atoms with Gasteiger partial charge in [-0.2, -0.15) is 4.31 Å². The topological polar surface area (TPSA) is 66.5 Å². The SMILES string of the molecule is C[C@@H](NC(=O)CN(C)S(=O)(=O)/C=C/c1ccccc1)c1cccc(Cl)c1. The van der Waals surface area contributed by atoms with Crippen LogP contribution in [0.3, 0.4) is 0 Å². The molecule has 0 spiro atoms. The number of sulfonamides is 1. The van der Waals surface area contributed by atoms with Gasteiger partial charge in [0.05, 0.1) is 12.6 Å². The van der Waals surface area contributed by atoms with E-state index in [4.69, 9.17) is 11.6 Å². The van der Waals surface area contributed by atoms with Gasteiger partial charge in [-0.05, 0) is 36.3 Å². The largest absolute Gasteiger partial charge is 0.348 e. The molecule has 0 unspecified atom stereocenters. The number of halogens is 1. The van der Waals surface area contributed by atoms with Crippen LogP contribution in [0.25, 0.3) is 6.08 Å². The van der Waals surface area contributed by atoms with Crippen LogP contribution in [0.5, 0.6) is 0 Å². The highest BCUT2D eigenvalue weighted by Gasteiger charge is 2.19. The molecular formula is C19H21ClN2O3S. The van der Waals surface area contributed by atoms with Gasteiger partial charge in [0.15, 0.2) is 0 Å². The number of likely N-dealkylation sites (N-methyl/N-ethyl adjacent to an activating group) is 1. The molecule has 2 aromatic carbocycles. The zero-order chi connectivity index (χ0) is 19.2. The molecule has 0 saturated heterocycles. The van der Waals surface area contributed by atoms with Crippen LogP contribution >= 0.6 is 11.6 Å². The minimum absolute atomic E-state index is 0.271. The molecular weight excluding hydrogens is 372 g/mol. The highest BCUT2D eigenvalue weighted by Crippen LogP contribution is 2.17. The van der Waals surface area contributed by atoms with Crippen molar-refractivity contribution in [3.63, 3.8) is 0 Å². The zero-order valence-corrected chi connectivity index (χ0v) is 16.2. The summed E-state index contributed by atoms with van der Waals surface area (Å²) in [6, 6.07) is 16.0. The smallest absolute Gasteiger partial charge is 0.236 e. The summed E-state index contributed by atoms with van der Waals surface area (Å²) in [4.78, 5) is 12.2. The van der Waals surface area contributed by atoms with Crippen LogP contribution in [0.15, 0.2) is 60.0 Å². The van der Waals surface area contributed by atoms with Crippen molar-refractivity contribution < 1.29 is 13.2 Å². The number of amides is 1. The minimum atomic E-state index is -3.69. The Labute approximate surface area is 159 Å². The summed E-state index contributed by atoms with van der Waals surface area (Å²) >= 11 is 5.95. The zero-order valence-electron chi connectivity index (χ0n) is 14.6. The summed E-state index contributed by atoms with van der Waals surface area (Å²) in [5.74, 6) is -0.392. The second-order valence-corrected chi connectivity index (χ2v) is 8.22. The molecule has 1 atom stereocenters. The number of hydrogen-bond donors (Lipinski definition) is 1. The second kappa shape index (κ2) is 8.98. The first-order valence-electron chi connectivity index (χ1n) is 8.02. The molecule has 0 aromatic heterocycles. The van der Waals surface area contributed by atoms with Crippen molar-refractivity contribution in [1.29, 1.82) is 0 Å². The fourth-order valence-corrected chi connectivity index (χ4v) is 3.30. The van der Waals surface area contributed by atoms with Crippen molar-refractivity contribution in [2.75, 3.05) is 13.6 Å². The number of carbonyl (C=O) groups is 1. The fraction of sp³-hybridized carbons (Fsp3) is 0.211. The van der Waals surface area contributed by atoms with Gasteiger partial charge in [0.2, 0.25) is 15.9 Å². The van der Waals surface area contributed by atoms with Crippen LogP contribution < -0.4 is 5.32 Å². The molecule has 26 heavy (non-hydrogen) atoms. The molecule has 0 radical (unpaired) electrons.